The van der Waals surface area contributed by atoms with Gasteiger partial charge in [0, 0.05) is 37.3 Å². The van der Waals surface area contributed by atoms with E-state index in [4.69, 9.17) is 0 Å². The molecule has 1 aliphatic carbocycles. The summed E-state index contributed by atoms with van der Waals surface area (Å²) in [5.41, 5.74) is 4.39. The number of nitrogens with one attached hydrogen (secondary N) is 1. The lowest BCUT2D eigenvalue weighted by Crippen LogP contribution is -2.37. The number of carboxylic acids is 1. The normalized spacial score (nSPS) is 20.1. The number of nitrogens with zero attached hydrogens (tertiary/aromatic N) is 1. The third-order valence-corrected chi connectivity index (χ3v) is 4.32. The summed E-state index contributed by atoms with van der Waals surface area (Å²) < 4.78 is 0. The Kier molecular flexibility index (Phi) is 3.94. The fraction of sp³-hybridized carbons (Fsp3) is 0.333. The second-order valence-electron chi connectivity index (χ2n) is 6.12. The van der Waals surface area contributed by atoms with E-state index >= 15 is 0 Å². The number of rotatable bonds is 2. The van der Waals surface area contributed by atoms with Crippen LogP contribution in [0.15, 0.2) is 35.9 Å². The molecule has 0 aromatic heterocycles. The number of hydrogen-bond acceptors (Lipinski definition) is 4. The zero-order valence-electron chi connectivity index (χ0n) is 13.3. The molecule has 2 aliphatic rings. The summed E-state index contributed by atoms with van der Waals surface area (Å²) in [6.45, 7) is 0. The SMILES string of the molecule is CN(C)c1ccc2c(c1)CCCC(=O)C1=C2NC(C(=O)O)C=C1. The molecule has 1 atom stereocenters. The minimum absolute atomic E-state index is 0.0647. The Labute approximate surface area is 135 Å². The van der Waals surface area contributed by atoms with Crippen LogP contribution < -0.4 is 10.2 Å². The van der Waals surface area contributed by atoms with Gasteiger partial charge in [-0.2, -0.15) is 0 Å². The summed E-state index contributed by atoms with van der Waals surface area (Å²) in [6.07, 6.45) is 5.28. The maximum Gasteiger partial charge on any atom is 0.330 e. The molecule has 0 radical (unpaired) electrons. The summed E-state index contributed by atoms with van der Waals surface area (Å²) in [4.78, 5) is 25.7. The van der Waals surface area contributed by atoms with Gasteiger partial charge in [0.1, 0.15) is 6.04 Å². The fourth-order valence-corrected chi connectivity index (χ4v) is 3.04. The van der Waals surface area contributed by atoms with Crippen LogP contribution in [0.25, 0.3) is 5.70 Å². The van der Waals surface area contributed by atoms with Gasteiger partial charge in [0.15, 0.2) is 5.78 Å². The van der Waals surface area contributed by atoms with Crippen LogP contribution in [0.1, 0.15) is 24.0 Å². The molecule has 0 saturated carbocycles. The van der Waals surface area contributed by atoms with E-state index in [-0.39, 0.29) is 5.78 Å². The highest BCUT2D eigenvalue weighted by molar-refractivity contribution is 6.06. The summed E-state index contributed by atoms with van der Waals surface area (Å²) in [6, 6.07) is 5.28. The molecule has 5 nitrogen and oxygen atoms in total. The van der Waals surface area contributed by atoms with Gasteiger partial charge < -0.3 is 15.3 Å². The first kappa shape index (κ1) is 15.3. The summed E-state index contributed by atoms with van der Waals surface area (Å²) in [5, 5.41) is 12.3. The van der Waals surface area contributed by atoms with Gasteiger partial charge in [-0.05, 0) is 30.5 Å². The van der Waals surface area contributed by atoms with Crippen molar-refractivity contribution in [2.45, 2.75) is 25.3 Å². The second kappa shape index (κ2) is 5.91. The minimum atomic E-state index is -0.950. The molecule has 3 rings (SSSR count). The highest BCUT2D eigenvalue weighted by Crippen LogP contribution is 2.31. The number of aryl methyl sites for hydroxylation is 1. The van der Waals surface area contributed by atoms with Crippen molar-refractivity contribution in [1.82, 2.24) is 5.32 Å². The van der Waals surface area contributed by atoms with Gasteiger partial charge in [-0.15, -0.1) is 0 Å². The van der Waals surface area contributed by atoms with E-state index in [2.05, 4.69) is 11.4 Å². The number of hydrogen-bond donors (Lipinski definition) is 2. The number of Topliss-reactive ketones (excluding diaryl/α,β-unsaturated/α-hetero) is 1. The van der Waals surface area contributed by atoms with Crippen LogP contribution in [0.4, 0.5) is 5.69 Å². The van der Waals surface area contributed by atoms with Crippen molar-refractivity contribution in [3.8, 4) is 0 Å². The van der Waals surface area contributed by atoms with Crippen molar-refractivity contribution in [1.29, 1.82) is 0 Å². The molecular weight excluding hydrogens is 292 g/mol. The van der Waals surface area contributed by atoms with Gasteiger partial charge >= 0.3 is 5.97 Å². The number of carbonyl (C=O) groups is 2. The minimum Gasteiger partial charge on any atom is -0.479 e. The van der Waals surface area contributed by atoms with Crippen molar-refractivity contribution in [3.63, 3.8) is 0 Å². The maximum absolute atomic E-state index is 12.4. The molecule has 0 spiro atoms. The van der Waals surface area contributed by atoms with E-state index in [0.717, 1.165) is 29.7 Å². The number of dihydropyridines is 1. The summed E-state index contributed by atoms with van der Waals surface area (Å²) in [7, 11) is 3.97. The fourth-order valence-electron chi connectivity index (χ4n) is 3.04. The lowest BCUT2D eigenvalue weighted by atomic mass is 9.88. The molecule has 0 fully saturated rings. The van der Waals surface area contributed by atoms with E-state index in [1.807, 2.05) is 31.1 Å². The van der Waals surface area contributed by atoms with Gasteiger partial charge in [-0.1, -0.05) is 18.2 Å². The predicted octanol–water partition coefficient (Wildman–Crippen LogP) is 1.98. The lowest BCUT2D eigenvalue weighted by molar-refractivity contribution is -0.137. The number of allylic oxidation sites excluding steroid dienone is 2. The average molecular weight is 312 g/mol. The van der Waals surface area contributed by atoms with Gasteiger partial charge in [-0.25, -0.2) is 4.79 Å². The number of anilines is 1. The number of aliphatic carboxylic acids is 1. The van der Waals surface area contributed by atoms with Crippen molar-refractivity contribution in [2.75, 3.05) is 19.0 Å². The zero-order valence-corrected chi connectivity index (χ0v) is 13.3. The first-order valence-corrected chi connectivity index (χ1v) is 7.73. The molecule has 1 aliphatic heterocycles. The first-order chi connectivity index (χ1) is 11.0. The van der Waals surface area contributed by atoms with Gasteiger partial charge in [0.05, 0.1) is 5.70 Å². The zero-order chi connectivity index (χ0) is 16.6. The van der Waals surface area contributed by atoms with Gasteiger partial charge in [0.2, 0.25) is 0 Å². The topological polar surface area (TPSA) is 69.6 Å². The molecule has 1 unspecified atom stereocenters. The van der Waals surface area contributed by atoms with E-state index < -0.39 is 12.0 Å². The Morgan fingerprint density at radius 1 is 1.30 bits per heavy atom. The second-order valence-corrected chi connectivity index (χ2v) is 6.12. The van der Waals surface area contributed by atoms with E-state index in [1.54, 1.807) is 6.08 Å². The summed E-state index contributed by atoms with van der Waals surface area (Å²) >= 11 is 0. The first-order valence-electron chi connectivity index (χ1n) is 7.73. The van der Waals surface area contributed by atoms with Crippen molar-refractivity contribution in [2.24, 2.45) is 0 Å². The Morgan fingerprint density at radius 2 is 2.09 bits per heavy atom. The summed E-state index contributed by atoms with van der Waals surface area (Å²) in [5.74, 6) is -0.885. The van der Waals surface area contributed by atoms with Crippen LogP contribution in [-0.2, 0) is 16.0 Å². The molecule has 0 amide bonds. The van der Waals surface area contributed by atoms with Gasteiger partial charge in [-0.3, -0.25) is 4.79 Å². The quantitative estimate of drug-likeness (QED) is 0.874. The van der Waals surface area contributed by atoms with E-state index in [1.165, 1.54) is 6.08 Å². The molecule has 0 bridgehead atoms. The Balaban J connectivity index is 2.13. The standard InChI is InChI=1S/C18H20N2O3/c1-20(2)12-6-7-13-11(10-12)4-3-5-16(21)14-8-9-15(18(22)23)19-17(13)14/h6-10,15,19H,3-5H2,1-2H3,(H,22,23). The molecule has 1 heterocycles. The third kappa shape index (κ3) is 2.86. The lowest BCUT2D eigenvalue weighted by Gasteiger charge is -2.26. The van der Waals surface area contributed by atoms with E-state index in [0.29, 0.717) is 17.7 Å². The van der Waals surface area contributed by atoms with Crippen LogP contribution in [-0.4, -0.2) is 37.0 Å². The predicted molar refractivity (Wildman–Crippen MR) is 89.3 cm³/mol. The van der Waals surface area contributed by atoms with Crippen LogP contribution >= 0.6 is 0 Å². The largest absolute Gasteiger partial charge is 0.479 e. The van der Waals surface area contributed by atoms with Crippen LogP contribution in [0.2, 0.25) is 0 Å². The van der Waals surface area contributed by atoms with Crippen molar-refractivity contribution >= 4 is 23.1 Å². The Bertz CT molecular complexity index is 732. The smallest absolute Gasteiger partial charge is 0.330 e. The number of fused-ring (bicyclic) bond motifs is 2. The molecule has 1 aromatic rings. The number of carbonyl (C=O) groups excluding carboxylic acids is 1. The van der Waals surface area contributed by atoms with Crippen molar-refractivity contribution < 1.29 is 14.7 Å². The Hall–Kier alpha value is -2.56. The maximum atomic E-state index is 12.4. The molecule has 0 saturated heterocycles. The highest BCUT2D eigenvalue weighted by atomic mass is 16.4. The van der Waals surface area contributed by atoms with E-state index in [9.17, 15) is 14.7 Å². The molecule has 1 aromatic carbocycles. The van der Waals surface area contributed by atoms with Crippen molar-refractivity contribution in [3.05, 3.63) is 47.1 Å². The van der Waals surface area contributed by atoms with Crippen LogP contribution in [0.5, 0.6) is 0 Å². The Morgan fingerprint density at radius 3 is 2.78 bits per heavy atom. The van der Waals surface area contributed by atoms with Crippen LogP contribution in [0.3, 0.4) is 0 Å². The molecule has 120 valence electrons. The number of carboxylic acid groups (broad SMARTS) is 1. The van der Waals surface area contributed by atoms with Crippen LogP contribution in [0, 0.1) is 0 Å². The molecule has 23 heavy (non-hydrogen) atoms. The monoisotopic (exact) mass is 312 g/mol. The third-order valence-electron chi connectivity index (χ3n) is 4.32. The van der Waals surface area contributed by atoms with Gasteiger partial charge in [0.25, 0.3) is 0 Å². The molecule has 5 heteroatoms. The number of benzene rings is 1. The number of ketones is 1. The molecule has 2 N–H and O–H groups in total. The molecular formula is C18H20N2O3. The highest BCUT2D eigenvalue weighted by Gasteiger charge is 2.27. The average Bonchev–Trinajstić information content (AvgIpc) is 2.52.